The summed E-state index contributed by atoms with van der Waals surface area (Å²) in [7, 11) is 0. The number of carbonyl (C=O) groups excluding carboxylic acids is 2. The first kappa shape index (κ1) is 18.7. The van der Waals surface area contributed by atoms with E-state index in [1.54, 1.807) is 28.3 Å². The van der Waals surface area contributed by atoms with Crippen molar-refractivity contribution in [3.63, 3.8) is 0 Å². The van der Waals surface area contributed by atoms with Crippen LogP contribution in [0.25, 0.3) is 6.08 Å². The molecule has 0 aromatic carbocycles. The van der Waals surface area contributed by atoms with Crippen LogP contribution in [0.3, 0.4) is 0 Å². The summed E-state index contributed by atoms with van der Waals surface area (Å²) in [4.78, 5) is 26.9. The molecule has 0 saturated carbocycles. The summed E-state index contributed by atoms with van der Waals surface area (Å²) in [5.41, 5.74) is 0.389. The number of hydrogen-bond donors (Lipinski definition) is 1. The first-order valence-corrected chi connectivity index (χ1v) is 10.5. The van der Waals surface area contributed by atoms with Crippen LogP contribution in [0, 0.1) is 0 Å². The van der Waals surface area contributed by atoms with E-state index in [0.29, 0.717) is 18.8 Å². The Labute approximate surface area is 160 Å². The van der Waals surface area contributed by atoms with Gasteiger partial charge in [0.25, 0.3) is 5.91 Å². The topological polar surface area (TPSA) is 80.1 Å². The van der Waals surface area contributed by atoms with Gasteiger partial charge in [0, 0.05) is 48.6 Å². The lowest BCUT2D eigenvalue weighted by Gasteiger charge is -2.25. The van der Waals surface area contributed by atoms with Crippen LogP contribution in [0.5, 0.6) is 0 Å². The summed E-state index contributed by atoms with van der Waals surface area (Å²) in [5.74, 6) is 1.78. The van der Waals surface area contributed by atoms with Crippen molar-refractivity contribution in [3.05, 3.63) is 40.4 Å². The van der Waals surface area contributed by atoms with Crippen molar-refractivity contribution in [2.45, 2.75) is 13.0 Å². The van der Waals surface area contributed by atoms with Gasteiger partial charge in [0.15, 0.2) is 5.69 Å². The average molecular weight is 392 g/mol. The van der Waals surface area contributed by atoms with Crippen molar-refractivity contribution < 1.29 is 9.59 Å². The maximum atomic E-state index is 12.3. The van der Waals surface area contributed by atoms with Crippen LogP contribution < -0.4 is 5.32 Å². The number of thiophene rings is 1. The molecule has 0 aliphatic carbocycles. The quantitative estimate of drug-likeness (QED) is 0.575. The fourth-order valence-corrected chi connectivity index (χ4v) is 4.01. The molecular formula is C17H21N5O2S2. The predicted octanol–water partition coefficient (Wildman–Crippen LogP) is 1.75. The van der Waals surface area contributed by atoms with Crippen molar-refractivity contribution in [1.29, 1.82) is 0 Å². The predicted molar refractivity (Wildman–Crippen MR) is 104 cm³/mol. The molecule has 2 aromatic rings. The van der Waals surface area contributed by atoms with E-state index in [-0.39, 0.29) is 11.8 Å². The summed E-state index contributed by atoms with van der Waals surface area (Å²) in [6, 6.07) is 3.91. The summed E-state index contributed by atoms with van der Waals surface area (Å²) >= 11 is 3.45. The highest BCUT2D eigenvalue weighted by molar-refractivity contribution is 7.99. The first-order valence-electron chi connectivity index (χ1n) is 8.49. The lowest BCUT2D eigenvalue weighted by Crippen LogP contribution is -2.38. The molecule has 3 heterocycles. The molecule has 138 valence electrons. The fraction of sp³-hybridized carbons (Fsp3) is 0.412. The summed E-state index contributed by atoms with van der Waals surface area (Å²) in [6.07, 6.45) is 5.74. The Balaban J connectivity index is 1.38. The molecule has 0 radical (unpaired) electrons. The minimum atomic E-state index is -0.115. The van der Waals surface area contributed by atoms with Crippen molar-refractivity contribution in [2.24, 2.45) is 0 Å². The number of aryl methyl sites for hydroxylation is 1. The lowest BCUT2D eigenvalue weighted by atomic mass is 10.3. The van der Waals surface area contributed by atoms with E-state index in [0.717, 1.165) is 35.9 Å². The minimum Gasteiger partial charge on any atom is -0.352 e. The molecule has 26 heavy (non-hydrogen) atoms. The molecule has 0 unspecified atom stereocenters. The van der Waals surface area contributed by atoms with Crippen LogP contribution in [-0.2, 0) is 11.3 Å². The van der Waals surface area contributed by atoms with Crippen molar-refractivity contribution >= 4 is 41.0 Å². The van der Waals surface area contributed by atoms with Crippen molar-refractivity contribution in [3.8, 4) is 0 Å². The van der Waals surface area contributed by atoms with Gasteiger partial charge in [-0.05, 0) is 23.9 Å². The Morgan fingerprint density at radius 2 is 2.15 bits per heavy atom. The Morgan fingerprint density at radius 3 is 2.92 bits per heavy atom. The van der Waals surface area contributed by atoms with Gasteiger partial charge in [0.1, 0.15) is 0 Å². The smallest absolute Gasteiger partial charge is 0.276 e. The molecule has 0 bridgehead atoms. The first-order chi connectivity index (χ1) is 12.7. The van der Waals surface area contributed by atoms with E-state index < -0.39 is 0 Å². The Morgan fingerprint density at radius 1 is 1.31 bits per heavy atom. The number of thioether (sulfide) groups is 1. The molecule has 0 atom stereocenters. The van der Waals surface area contributed by atoms with Gasteiger partial charge >= 0.3 is 0 Å². The molecule has 9 heteroatoms. The summed E-state index contributed by atoms with van der Waals surface area (Å²) in [6.45, 7) is 2.67. The van der Waals surface area contributed by atoms with Crippen LogP contribution in [0.2, 0.25) is 0 Å². The van der Waals surface area contributed by atoms with E-state index in [9.17, 15) is 9.59 Å². The molecule has 2 amide bonds. The SMILES string of the molecule is O=C(C=Cc1cccs1)NCCCn1cc(C(=O)N2CCSCC2)nn1. The second-order valence-corrected chi connectivity index (χ2v) is 7.97. The van der Waals surface area contributed by atoms with E-state index in [2.05, 4.69) is 15.6 Å². The molecule has 1 aliphatic heterocycles. The number of carbonyl (C=O) groups is 2. The van der Waals surface area contributed by atoms with Gasteiger partial charge in [0.05, 0.1) is 6.20 Å². The van der Waals surface area contributed by atoms with Crippen LogP contribution in [0.15, 0.2) is 29.8 Å². The highest BCUT2D eigenvalue weighted by Gasteiger charge is 2.20. The lowest BCUT2D eigenvalue weighted by molar-refractivity contribution is -0.116. The molecular weight excluding hydrogens is 370 g/mol. The third kappa shape index (κ3) is 5.43. The molecule has 1 saturated heterocycles. The number of nitrogens with one attached hydrogen (secondary N) is 1. The molecule has 7 nitrogen and oxygen atoms in total. The largest absolute Gasteiger partial charge is 0.352 e. The van der Waals surface area contributed by atoms with E-state index >= 15 is 0 Å². The third-order valence-electron chi connectivity index (χ3n) is 3.86. The molecule has 3 rings (SSSR count). The van der Waals surface area contributed by atoms with Crippen LogP contribution in [-0.4, -0.2) is 62.8 Å². The second kappa shape index (κ2) is 9.54. The Hall–Kier alpha value is -2.13. The van der Waals surface area contributed by atoms with Crippen LogP contribution >= 0.6 is 23.1 Å². The zero-order chi connectivity index (χ0) is 18.2. The van der Waals surface area contributed by atoms with Crippen molar-refractivity contribution in [1.82, 2.24) is 25.2 Å². The van der Waals surface area contributed by atoms with Gasteiger partial charge in [-0.2, -0.15) is 11.8 Å². The number of aromatic nitrogens is 3. The van der Waals surface area contributed by atoms with Gasteiger partial charge in [0.2, 0.25) is 5.91 Å². The van der Waals surface area contributed by atoms with E-state index in [1.165, 1.54) is 6.08 Å². The van der Waals surface area contributed by atoms with Gasteiger partial charge in [-0.15, -0.1) is 16.4 Å². The molecule has 1 N–H and O–H groups in total. The molecule has 1 fully saturated rings. The van der Waals surface area contributed by atoms with Crippen LogP contribution in [0.1, 0.15) is 21.8 Å². The molecule has 2 aromatic heterocycles. The Bertz CT molecular complexity index is 751. The van der Waals surface area contributed by atoms with Gasteiger partial charge in [-0.1, -0.05) is 11.3 Å². The zero-order valence-corrected chi connectivity index (χ0v) is 16.0. The van der Waals surface area contributed by atoms with Crippen molar-refractivity contribution in [2.75, 3.05) is 31.1 Å². The van der Waals surface area contributed by atoms with Gasteiger partial charge in [-0.25, -0.2) is 0 Å². The fourth-order valence-electron chi connectivity index (χ4n) is 2.49. The monoisotopic (exact) mass is 391 g/mol. The Kier molecular flexibility index (Phi) is 6.84. The highest BCUT2D eigenvalue weighted by atomic mass is 32.2. The second-order valence-electron chi connectivity index (χ2n) is 5.76. The number of rotatable bonds is 7. The highest BCUT2D eigenvalue weighted by Crippen LogP contribution is 2.12. The number of nitrogens with zero attached hydrogens (tertiary/aromatic N) is 4. The third-order valence-corrected chi connectivity index (χ3v) is 5.64. The maximum absolute atomic E-state index is 12.3. The summed E-state index contributed by atoms with van der Waals surface area (Å²) < 4.78 is 1.65. The van der Waals surface area contributed by atoms with Crippen LogP contribution in [0.4, 0.5) is 0 Å². The minimum absolute atomic E-state index is 0.0523. The number of hydrogen-bond acceptors (Lipinski definition) is 6. The summed E-state index contributed by atoms with van der Waals surface area (Å²) in [5, 5.41) is 12.8. The van der Waals surface area contributed by atoms with E-state index in [4.69, 9.17) is 0 Å². The average Bonchev–Trinajstić information content (AvgIpc) is 3.35. The standard InChI is InChI=1S/C17H21N5O2S2/c23-16(5-4-14-3-1-10-26-14)18-6-2-7-22-13-15(19-20-22)17(24)21-8-11-25-12-9-21/h1,3-5,10,13H,2,6-9,11-12H2,(H,18,23). The zero-order valence-electron chi connectivity index (χ0n) is 14.3. The molecule has 1 aliphatic rings. The number of amides is 2. The van der Waals surface area contributed by atoms with E-state index in [1.807, 2.05) is 34.2 Å². The molecule has 0 spiro atoms. The van der Waals surface area contributed by atoms with Gasteiger partial charge in [-0.3, -0.25) is 14.3 Å². The van der Waals surface area contributed by atoms with Gasteiger partial charge < -0.3 is 10.2 Å². The maximum Gasteiger partial charge on any atom is 0.276 e. The normalized spacial score (nSPS) is 14.7.